The maximum absolute atomic E-state index is 12.4. The Kier molecular flexibility index (Phi) is 7.16. The second-order valence-electron chi connectivity index (χ2n) is 5.52. The van der Waals surface area contributed by atoms with E-state index in [-0.39, 0.29) is 28.8 Å². The molecule has 2 atom stereocenters. The van der Waals surface area contributed by atoms with Gasteiger partial charge in [0, 0.05) is 17.4 Å². The largest absolute Gasteiger partial charge is 0.350 e. The topological polar surface area (TPSA) is 29.1 Å². The third-order valence-electron chi connectivity index (χ3n) is 3.71. The first-order chi connectivity index (χ1) is 11.5. The van der Waals surface area contributed by atoms with E-state index in [1.807, 2.05) is 49.4 Å². The third kappa shape index (κ3) is 5.86. The van der Waals surface area contributed by atoms with Crippen molar-refractivity contribution in [2.45, 2.75) is 25.3 Å². The number of nitrogens with one attached hydrogen (secondary N) is 1. The fourth-order valence-corrected chi connectivity index (χ4v) is 2.89. The van der Waals surface area contributed by atoms with Crippen LogP contribution in [0, 0.1) is 0 Å². The molecule has 0 spiro atoms. The van der Waals surface area contributed by atoms with Gasteiger partial charge in [-0.25, -0.2) is 0 Å². The number of rotatable bonds is 6. The smallest absolute Gasteiger partial charge is 0.221 e. The Bertz CT molecular complexity index is 694. The van der Waals surface area contributed by atoms with E-state index < -0.39 is 0 Å². The summed E-state index contributed by atoms with van der Waals surface area (Å²) in [5, 5.41) is 3.64. The van der Waals surface area contributed by atoms with Crippen LogP contribution < -0.4 is 5.32 Å². The molecule has 0 aliphatic carbocycles. The van der Waals surface area contributed by atoms with E-state index in [0.717, 1.165) is 11.1 Å². The Labute approximate surface area is 157 Å². The molecule has 2 unspecified atom stereocenters. The summed E-state index contributed by atoms with van der Waals surface area (Å²) < 4.78 is 0.138. The van der Waals surface area contributed by atoms with Crippen LogP contribution in [0.25, 0.3) is 0 Å². The highest BCUT2D eigenvalue weighted by Gasteiger charge is 2.17. The first kappa shape index (κ1) is 18.9. The molecule has 0 aromatic heterocycles. The quantitative estimate of drug-likeness (QED) is 0.651. The number of hydrogen-bond acceptors (Lipinski definition) is 1. The Hall–Kier alpha value is -1.48. The van der Waals surface area contributed by atoms with Crippen LogP contribution in [-0.2, 0) is 4.79 Å². The van der Waals surface area contributed by atoms with E-state index in [4.69, 9.17) is 34.8 Å². The molecule has 0 saturated heterocycles. The van der Waals surface area contributed by atoms with Gasteiger partial charge in [-0.1, -0.05) is 77.3 Å². The molecule has 2 nitrogen and oxygen atoms in total. The summed E-state index contributed by atoms with van der Waals surface area (Å²) in [7, 11) is 0. The molecule has 2 aromatic rings. The van der Waals surface area contributed by atoms with Gasteiger partial charge in [-0.05, 0) is 36.3 Å². The van der Waals surface area contributed by atoms with Gasteiger partial charge in [0.1, 0.15) is 4.49 Å². The molecular formula is C19H18Cl3NO. The minimum absolute atomic E-state index is 0.0694. The van der Waals surface area contributed by atoms with E-state index in [0.29, 0.717) is 5.02 Å². The van der Waals surface area contributed by atoms with Crippen LogP contribution in [-0.4, -0.2) is 5.91 Å². The number of carbonyl (C=O) groups excluding carboxylic acids is 1. The molecule has 0 saturated carbocycles. The average Bonchev–Trinajstić information content (AvgIpc) is 2.55. The minimum atomic E-state index is -0.213. The fourth-order valence-electron chi connectivity index (χ4n) is 2.46. The number of hydrogen-bond donors (Lipinski definition) is 1. The van der Waals surface area contributed by atoms with Crippen molar-refractivity contribution in [3.63, 3.8) is 0 Å². The van der Waals surface area contributed by atoms with Crippen molar-refractivity contribution in [1.29, 1.82) is 0 Å². The zero-order chi connectivity index (χ0) is 17.5. The van der Waals surface area contributed by atoms with Gasteiger partial charge in [0.25, 0.3) is 0 Å². The average molecular weight is 383 g/mol. The van der Waals surface area contributed by atoms with E-state index in [1.165, 1.54) is 0 Å². The molecule has 126 valence electrons. The van der Waals surface area contributed by atoms with E-state index >= 15 is 0 Å². The number of carbonyl (C=O) groups is 1. The normalized spacial score (nSPS) is 13.0. The van der Waals surface area contributed by atoms with Crippen molar-refractivity contribution in [3.8, 4) is 0 Å². The zero-order valence-electron chi connectivity index (χ0n) is 13.2. The van der Waals surface area contributed by atoms with Gasteiger partial charge in [0.05, 0.1) is 6.04 Å². The molecule has 2 aromatic carbocycles. The number of allylic oxidation sites excluding steroid dienone is 1. The Morgan fingerprint density at radius 3 is 2.25 bits per heavy atom. The maximum Gasteiger partial charge on any atom is 0.221 e. The van der Waals surface area contributed by atoms with Gasteiger partial charge in [0.2, 0.25) is 5.91 Å². The van der Waals surface area contributed by atoms with Gasteiger partial charge < -0.3 is 5.32 Å². The maximum atomic E-state index is 12.4. The molecule has 1 N–H and O–H groups in total. The Morgan fingerprint density at radius 1 is 1.04 bits per heavy atom. The van der Waals surface area contributed by atoms with Crippen LogP contribution in [0.15, 0.2) is 65.2 Å². The van der Waals surface area contributed by atoms with Gasteiger partial charge in [-0.2, -0.15) is 0 Å². The van der Waals surface area contributed by atoms with Crippen LogP contribution in [0.4, 0.5) is 0 Å². The van der Waals surface area contributed by atoms with Gasteiger partial charge >= 0.3 is 0 Å². The lowest BCUT2D eigenvalue weighted by Crippen LogP contribution is -2.27. The summed E-state index contributed by atoms with van der Waals surface area (Å²) in [6.45, 7) is 1.95. The van der Waals surface area contributed by atoms with Crippen molar-refractivity contribution in [3.05, 3.63) is 81.3 Å². The molecule has 0 fully saturated rings. The highest BCUT2D eigenvalue weighted by atomic mass is 35.5. The Balaban J connectivity index is 2.07. The van der Waals surface area contributed by atoms with Crippen molar-refractivity contribution in [2.75, 3.05) is 0 Å². The molecule has 2 rings (SSSR count). The molecular weight excluding hydrogens is 365 g/mol. The predicted molar refractivity (Wildman–Crippen MR) is 102 cm³/mol. The van der Waals surface area contributed by atoms with Crippen molar-refractivity contribution in [2.24, 2.45) is 0 Å². The molecule has 24 heavy (non-hydrogen) atoms. The fraction of sp³-hybridized carbons (Fsp3) is 0.211. The summed E-state index contributed by atoms with van der Waals surface area (Å²) in [6, 6.07) is 17.0. The van der Waals surface area contributed by atoms with Gasteiger partial charge in [-0.15, -0.1) is 0 Å². The second-order valence-corrected chi connectivity index (χ2v) is 6.96. The lowest BCUT2D eigenvalue weighted by atomic mass is 9.95. The predicted octanol–water partition coefficient (Wildman–Crippen LogP) is 6.01. The molecule has 0 radical (unpaired) electrons. The lowest BCUT2D eigenvalue weighted by molar-refractivity contribution is -0.121. The lowest BCUT2D eigenvalue weighted by Gasteiger charge is -2.17. The van der Waals surface area contributed by atoms with E-state index in [2.05, 4.69) is 5.32 Å². The second kappa shape index (κ2) is 9.12. The van der Waals surface area contributed by atoms with Crippen LogP contribution in [0.2, 0.25) is 5.02 Å². The molecule has 0 aliphatic rings. The summed E-state index contributed by atoms with van der Waals surface area (Å²) in [4.78, 5) is 12.4. The van der Waals surface area contributed by atoms with Crippen LogP contribution in [0.3, 0.4) is 0 Å². The zero-order valence-corrected chi connectivity index (χ0v) is 15.4. The molecule has 0 heterocycles. The standard InChI is InChI=1S/C19H18Cl3NO/c1-13(14-5-3-2-4-6-14)23-19(24)12-16(11-18(21)22)15-7-9-17(20)10-8-15/h2-11,13,16H,12H2,1H3,(H,23,24). The first-order valence-corrected chi connectivity index (χ1v) is 8.71. The third-order valence-corrected chi connectivity index (χ3v) is 4.21. The monoisotopic (exact) mass is 381 g/mol. The summed E-state index contributed by atoms with van der Waals surface area (Å²) in [5.41, 5.74) is 1.99. The highest BCUT2D eigenvalue weighted by Crippen LogP contribution is 2.27. The van der Waals surface area contributed by atoms with Crippen LogP contribution in [0.5, 0.6) is 0 Å². The first-order valence-electron chi connectivity index (χ1n) is 7.58. The van der Waals surface area contributed by atoms with Gasteiger partial charge in [-0.3, -0.25) is 4.79 Å². The van der Waals surface area contributed by atoms with Crippen LogP contribution in [0.1, 0.15) is 36.4 Å². The van der Waals surface area contributed by atoms with Crippen molar-refractivity contribution >= 4 is 40.7 Å². The SMILES string of the molecule is CC(NC(=O)CC(C=C(Cl)Cl)c1ccc(Cl)cc1)c1ccccc1. The van der Waals surface area contributed by atoms with Crippen molar-refractivity contribution in [1.82, 2.24) is 5.32 Å². The summed E-state index contributed by atoms with van der Waals surface area (Å²) in [6.07, 6.45) is 1.92. The number of benzene rings is 2. The van der Waals surface area contributed by atoms with Crippen LogP contribution >= 0.6 is 34.8 Å². The van der Waals surface area contributed by atoms with E-state index in [9.17, 15) is 4.79 Å². The molecule has 5 heteroatoms. The number of amides is 1. The molecule has 1 amide bonds. The molecule has 0 aliphatic heterocycles. The van der Waals surface area contributed by atoms with Crippen molar-refractivity contribution < 1.29 is 4.79 Å². The molecule has 0 bridgehead atoms. The van der Waals surface area contributed by atoms with Gasteiger partial charge in [0.15, 0.2) is 0 Å². The minimum Gasteiger partial charge on any atom is -0.350 e. The highest BCUT2D eigenvalue weighted by molar-refractivity contribution is 6.55. The number of halogens is 3. The summed E-state index contributed by atoms with van der Waals surface area (Å²) in [5.74, 6) is -0.285. The van der Waals surface area contributed by atoms with E-state index in [1.54, 1.807) is 18.2 Å². The summed E-state index contributed by atoms with van der Waals surface area (Å²) >= 11 is 17.5. The Morgan fingerprint density at radius 2 is 1.67 bits per heavy atom.